The van der Waals surface area contributed by atoms with E-state index in [0.29, 0.717) is 6.04 Å². The van der Waals surface area contributed by atoms with Crippen molar-refractivity contribution in [3.8, 4) is 10.6 Å². The van der Waals surface area contributed by atoms with Crippen molar-refractivity contribution in [1.29, 1.82) is 0 Å². The van der Waals surface area contributed by atoms with Crippen molar-refractivity contribution in [1.82, 2.24) is 15.6 Å². The average Bonchev–Trinajstić information content (AvgIpc) is 2.95. The van der Waals surface area contributed by atoms with Gasteiger partial charge in [-0.25, -0.2) is 4.98 Å². The Labute approximate surface area is 159 Å². The van der Waals surface area contributed by atoms with Crippen LogP contribution in [0, 0.1) is 6.92 Å². The SMILES string of the molecule is CN=C(NCCc1csc(-c2ccc(C)cc2)n1)NC(C)C.I. The molecule has 0 radical (unpaired) electrons. The van der Waals surface area contributed by atoms with E-state index < -0.39 is 0 Å². The summed E-state index contributed by atoms with van der Waals surface area (Å²) in [6, 6.07) is 8.88. The summed E-state index contributed by atoms with van der Waals surface area (Å²) < 4.78 is 0. The summed E-state index contributed by atoms with van der Waals surface area (Å²) in [5, 5.41) is 9.80. The van der Waals surface area contributed by atoms with E-state index in [1.165, 1.54) is 11.1 Å². The van der Waals surface area contributed by atoms with Gasteiger partial charge < -0.3 is 10.6 Å². The number of hydrogen-bond acceptors (Lipinski definition) is 3. The Balaban J connectivity index is 0.00000264. The predicted octanol–water partition coefficient (Wildman–Crippen LogP) is 3.85. The summed E-state index contributed by atoms with van der Waals surface area (Å²) in [6.07, 6.45) is 0.890. The molecule has 0 saturated carbocycles. The lowest BCUT2D eigenvalue weighted by atomic mass is 10.2. The third-order valence-corrected chi connectivity index (χ3v) is 4.11. The van der Waals surface area contributed by atoms with E-state index in [4.69, 9.17) is 4.98 Å². The van der Waals surface area contributed by atoms with Crippen LogP contribution >= 0.6 is 35.3 Å². The number of nitrogens with zero attached hydrogens (tertiary/aromatic N) is 2. The van der Waals surface area contributed by atoms with Gasteiger partial charge in [0.15, 0.2) is 5.96 Å². The zero-order valence-electron chi connectivity index (χ0n) is 14.1. The molecule has 4 nitrogen and oxygen atoms in total. The molecule has 0 aliphatic rings. The molecule has 0 spiro atoms. The van der Waals surface area contributed by atoms with Crippen molar-refractivity contribution < 1.29 is 0 Å². The third-order valence-electron chi connectivity index (χ3n) is 3.17. The van der Waals surface area contributed by atoms with Gasteiger partial charge in [0.25, 0.3) is 0 Å². The second-order valence-electron chi connectivity index (χ2n) is 5.56. The van der Waals surface area contributed by atoms with E-state index in [9.17, 15) is 0 Å². The largest absolute Gasteiger partial charge is 0.356 e. The second-order valence-corrected chi connectivity index (χ2v) is 6.42. The number of nitrogens with one attached hydrogen (secondary N) is 2. The van der Waals surface area contributed by atoms with Crippen LogP contribution in [0.25, 0.3) is 10.6 Å². The molecule has 0 bridgehead atoms. The van der Waals surface area contributed by atoms with Crippen molar-refractivity contribution in [3.63, 3.8) is 0 Å². The van der Waals surface area contributed by atoms with Crippen LogP contribution in [0.15, 0.2) is 34.6 Å². The fraction of sp³-hybridized carbons (Fsp3) is 0.412. The normalized spacial score (nSPS) is 11.3. The van der Waals surface area contributed by atoms with Gasteiger partial charge >= 0.3 is 0 Å². The molecule has 1 heterocycles. The lowest BCUT2D eigenvalue weighted by Crippen LogP contribution is -2.41. The number of hydrogen-bond donors (Lipinski definition) is 2. The zero-order chi connectivity index (χ0) is 15.9. The monoisotopic (exact) mass is 444 g/mol. The molecule has 1 aromatic carbocycles. The van der Waals surface area contributed by atoms with Gasteiger partial charge in [0.1, 0.15) is 5.01 Å². The fourth-order valence-corrected chi connectivity index (χ4v) is 2.89. The summed E-state index contributed by atoms with van der Waals surface area (Å²) in [7, 11) is 1.79. The molecule has 23 heavy (non-hydrogen) atoms. The number of benzene rings is 1. The van der Waals surface area contributed by atoms with Gasteiger partial charge in [0.05, 0.1) is 5.69 Å². The molecule has 2 aromatic rings. The molecule has 0 unspecified atom stereocenters. The number of halogens is 1. The van der Waals surface area contributed by atoms with Gasteiger partial charge in [-0.05, 0) is 20.8 Å². The topological polar surface area (TPSA) is 49.3 Å². The molecule has 0 amide bonds. The smallest absolute Gasteiger partial charge is 0.191 e. The summed E-state index contributed by atoms with van der Waals surface area (Å²) in [5.41, 5.74) is 3.58. The van der Waals surface area contributed by atoms with Crippen molar-refractivity contribution in [2.45, 2.75) is 33.2 Å². The van der Waals surface area contributed by atoms with Crippen LogP contribution in [0.5, 0.6) is 0 Å². The molecule has 6 heteroatoms. The molecule has 1 aromatic heterocycles. The summed E-state index contributed by atoms with van der Waals surface area (Å²) in [4.78, 5) is 8.91. The van der Waals surface area contributed by atoms with E-state index >= 15 is 0 Å². The summed E-state index contributed by atoms with van der Waals surface area (Å²) >= 11 is 1.70. The standard InChI is InChI=1S/C17H24N4S.HI/c1-12(2)20-17(18-4)19-10-9-15-11-22-16(21-15)14-7-5-13(3)6-8-14;/h5-8,11-12H,9-10H2,1-4H3,(H2,18,19,20);1H. The molecule has 2 rings (SSSR count). The third kappa shape index (κ3) is 6.47. The first-order valence-corrected chi connectivity index (χ1v) is 8.45. The molecular weight excluding hydrogens is 419 g/mol. The highest BCUT2D eigenvalue weighted by atomic mass is 127. The number of aryl methyl sites for hydroxylation is 1. The Bertz CT molecular complexity index is 620. The highest BCUT2D eigenvalue weighted by Crippen LogP contribution is 2.24. The maximum Gasteiger partial charge on any atom is 0.191 e. The lowest BCUT2D eigenvalue weighted by Gasteiger charge is -2.13. The second kappa shape index (κ2) is 9.87. The molecule has 0 fully saturated rings. The van der Waals surface area contributed by atoms with Crippen LogP contribution in [0.2, 0.25) is 0 Å². The van der Waals surface area contributed by atoms with Crippen molar-refractivity contribution in [3.05, 3.63) is 40.9 Å². The van der Waals surface area contributed by atoms with Gasteiger partial charge in [-0.15, -0.1) is 35.3 Å². The summed E-state index contributed by atoms with van der Waals surface area (Å²) in [5.74, 6) is 0.837. The molecule has 0 saturated heterocycles. The van der Waals surface area contributed by atoms with E-state index in [-0.39, 0.29) is 24.0 Å². The van der Waals surface area contributed by atoms with Gasteiger partial charge in [-0.2, -0.15) is 0 Å². The molecule has 126 valence electrons. The Morgan fingerprint density at radius 2 is 1.96 bits per heavy atom. The molecular formula is C17H25IN4S. The van der Waals surface area contributed by atoms with Crippen molar-refractivity contribution in [2.24, 2.45) is 4.99 Å². The molecule has 0 aliphatic carbocycles. The van der Waals surface area contributed by atoms with E-state index in [1.807, 2.05) is 0 Å². The lowest BCUT2D eigenvalue weighted by molar-refractivity contribution is 0.696. The van der Waals surface area contributed by atoms with Crippen LogP contribution in [0.1, 0.15) is 25.1 Å². The van der Waals surface area contributed by atoms with E-state index in [0.717, 1.165) is 29.6 Å². The van der Waals surface area contributed by atoms with Crippen LogP contribution in [0.3, 0.4) is 0 Å². The molecule has 2 N–H and O–H groups in total. The van der Waals surface area contributed by atoms with Gasteiger partial charge in [-0.1, -0.05) is 29.8 Å². The first-order chi connectivity index (χ1) is 10.6. The first kappa shape index (κ1) is 19.9. The minimum absolute atomic E-state index is 0. The van der Waals surface area contributed by atoms with Crippen LogP contribution < -0.4 is 10.6 Å². The van der Waals surface area contributed by atoms with Crippen molar-refractivity contribution in [2.75, 3.05) is 13.6 Å². The number of aromatic nitrogens is 1. The minimum Gasteiger partial charge on any atom is -0.356 e. The number of aliphatic imine (C=N–C) groups is 1. The predicted molar refractivity (Wildman–Crippen MR) is 111 cm³/mol. The van der Waals surface area contributed by atoms with Crippen LogP contribution in [-0.2, 0) is 6.42 Å². The highest BCUT2D eigenvalue weighted by Gasteiger charge is 2.05. The maximum absolute atomic E-state index is 4.71. The quantitative estimate of drug-likeness (QED) is 0.419. The zero-order valence-corrected chi connectivity index (χ0v) is 17.2. The number of guanidine groups is 1. The Morgan fingerprint density at radius 1 is 1.26 bits per heavy atom. The first-order valence-electron chi connectivity index (χ1n) is 7.57. The molecule has 0 aliphatic heterocycles. The average molecular weight is 444 g/mol. The molecule has 0 atom stereocenters. The number of thiazole rings is 1. The summed E-state index contributed by atoms with van der Waals surface area (Å²) in [6.45, 7) is 7.12. The van der Waals surface area contributed by atoms with Gasteiger partial charge in [-0.3, -0.25) is 4.99 Å². The van der Waals surface area contributed by atoms with E-state index in [2.05, 4.69) is 66.0 Å². The van der Waals surface area contributed by atoms with E-state index in [1.54, 1.807) is 18.4 Å². The van der Waals surface area contributed by atoms with Gasteiger partial charge in [0, 0.05) is 37.0 Å². The van der Waals surface area contributed by atoms with Gasteiger partial charge in [0.2, 0.25) is 0 Å². The number of rotatable bonds is 5. The Kier molecular flexibility index (Phi) is 8.54. The fourth-order valence-electron chi connectivity index (χ4n) is 2.03. The Morgan fingerprint density at radius 3 is 2.57 bits per heavy atom. The highest BCUT2D eigenvalue weighted by molar-refractivity contribution is 14.0. The van der Waals surface area contributed by atoms with Crippen molar-refractivity contribution >= 4 is 41.3 Å². The van der Waals surface area contributed by atoms with Crippen LogP contribution in [0.4, 0.5) is 0 Å². The maximum atomic E-state index is 4.71. The van der Waals surface area contributed by atoms with Crippen LogP contribution in [-0.4, -0.2) is 30.6 Å². The Hall–Kier alpha value is -1.15. The minimum atomic E-state index is 0.